The predicted octanol–water partition coefficient (Wildman–Crippen LogP) is 2.91. The molecule has 20 heavy (non-hydrogen) atoms. The molecule has 1 rings (SSSR count). The fraction of sp³-hybridized carbons (Fsp3) is 0.875. The molecule has 0 atom stereocenters. The molecule has 0 radical (unpaired) electrons. The van der Waals surface area contributed by atoms with Crippen LogP contribution in [0.1, 0.15) is 77.0 Å². The van der Waals surface area contributed by atoms with Gasteiger partial charge in [0.15, 0.2) is 0 Å². The molecule has 1 aliphatic rings. The maximum atomic E-state index is 11.6. The summed E-state index contributed by atoms with van der Waals surface area (Å²) in [5, 5.41) is 5.79. The molecule has 1 heterocycles. The van der Waals surface area contributed by atoms with E-state index in [9.17, 15) is 9.59 Å². The molecule has 116 valence electrons. The third-order valence-electron chi connectivity index (χ3n) is 3.84. The molecular formula is C16H30N2O2. The zero-order valence-corrected chi connectivity index (χ0v) is 12.7. The van der Waals surface area contributed by atoms with Crippen LogP contribution in [0.5, 0.6) is 0 Å². The van der Waals surface area contributed by atoms with Gasteiger partial charge >= 0.3 is 0 Å². The van der Waals surface area contributed by atoms with Gasteiger partial charge in [-0.25, -0.2) is 0 Å². The lowest BCUT2D eigenvalue weighted by atomic mass is 10.0. The molecule has 0 spiro atoms. The van der Waals surface area contributed by atoms with Gasteiger partial charge in [0.1, 0.15) is 5.78 Å². The summed E-state index contributed by atoms with van der Waals surface area (Å²) in [7, 11) is 0. The van der Waals surface area contributed by atoms with E-state index in [1.54, 1.807) is 0 Å². The molecule has 4 heteroatoms. The zero-order chi connectivity index (χ0) is 14.5. The highest BCUT2D eigenvalue weighted by molar-refractivity contribution is 5.80. The van der Waals surface area contributed by atoms with E-state index in [-0.39, 0.29) is 11.7 Å². The molecule has 0 aromatic rings. The molecule has 1 aliphatic heterocycles. The maximum absolute atomic E-state index is 11.6. The van der Waals surface area contributed by atoms with E-state index in [4.69, 9.17) is 0 Å². The van der Waals surface area contributed by atoms with Crippen LogP contribution in [-0.2, 0) is 9.59 Å². The summed E-state index contributed by atoms with van der Waals surface area (Å²) in [5.74, 6) is 0.339. The van der Waals surface area contributed by atoms with E-state index in [1.807, 2.05) is 0 Å². The minimum absolute atomic E-state index is 0.0889. The van der Waals surface area contributed by atoms with Gasteiger partial charge in [-0.2, -0.15) is 0 Å². The molecule has 1 fully saturated rings. The van der Waals surface area contributed by atoms with Crippen molar-refractivity contribution in [2.24, 2.45) is 0 Å². The summed E-state index contributed by atoms with van der Waals surface area (Å²) in [6, 6.07) is 0. The molecule has 1 saturated heterocycles. The van der Waals surface area contributed by atoms with Crippen LogP contribution < -0.4 is 10.6 Å². The monoisotopic (exact) mass is 282 g/mol. The third-order valence-corrected chi connectivity index (χ3v) is 3.84. The molecule has 4 nitrogen and oxygen atoms in total. The average molecular weight is 282 g/mol. The molecule has 0 aromatic carbocycles. The summed E-state index contributed by atoms with van der Waals surface area (Å²) in [6.07, 6.45) is 13.3. The van der Waals surface area contributed by atoms with E-state index in [0.717, 1.165) is 19.3 Å². The molecule has 0 bridgehead atoms. The Morgan fingerprint density at radius 3 is 1.75 bits per heavy atom. The molecular weight excluding hydrogens is 252 g/mol. The maximum Gasteiger partial charge on any atom is 0.220 e. The first-order valence-corrected chi connectivity index (χ1v) is 8.28. The summed E-state index contributed by atoms with van der Waals surface area (Å²) in [6.45, 7) is 0.783. The van der Waals surface area contributed by atoms with E-state index in [0.29, 0.717) is 26.1 Å². The Morgan fingerprint density at radius 2 is 1.15 bits per heavy atom. The van der Waals surface area contributed by atoms with Crippen molar-refractivity contribution in [1.82, 2.24) is 10.6 Å². The first-order chi connectivity index (χ1) is 9.79. The van der Waals surface area contributed by atoms with Gasteiger partial charge in [-0.15, -0.1) is 0 Å². The number of hydrogen-bond donors (Lipinski definition) is 2. The van der Waals surface area contributed by atoms with Crippen LogP contribution in [0, 0.1) is 0 Å². The molecule has 0 aromatic heterocycles. The van der Waals surface area contributed by atoms with Crippen molar-refractivity contribution >= 4 is 11.7 Å². The van der Waals surface area contributed by atoms with Gasteiger partial charge in [0, 0.05) is 12.8 Å². The summed E-state index contributed by atoms with van der Waals surface area (Å²) < 4.78 is 0. The summed E-state index contributed by atoms with van der Waals surface area (Å²) >= 11 is 0. The SMILES string of the molecule is O=C1CCCCCCCCCCCCC(=O)NCNC1. The van der Waals surface area contributed by atoms with E-state index >= 15 is 0 Å². The standard InChI is InChI=1S/C16H30N2O2/c19-15-11-9-7-5-3-1-2-4-6-8-10-12-16(20)18-14-17-13-15/h17H,1-14H2,(H,18,20). The second-order valence-electron chi connectivity index (χ2n) is 5.78. The van der Waals surface area contributed by atoms with Crippen LogP contribution in [0.2, 0.25) is 0 Å². The molecule has 0 saturated carbocycles. The van der Waals surface area contributed by atoms with Crippen molar-refractivity contribution in [2.75, 3.05) is 13.2 Å². The summed E-state index contributed by atoms with van der Waals surface area (Å²) in [5.41, 5.74) is 0. The Balaban J connectivity index is 2.20. The highest BCUT2D eigenvalue weighted by Gasteiger charge is 2.04. The van der Waals surface area contributed by atoms with Crippen LogP contribution in [0.3, 0.4) is 0 Å². The Morgan fingerprint density at radius 1 is 0.650 bits per heavy atom. The molecule has 0 unspecified atom stereocenters. The highest BCUT2D eigenvalue weighted by atomic mass is 16.1. The number of Topliss-reactive ketones (excluding diaryl/α,β-unsaturated/α-hetero) is 1. The molecule has 0 aliphatic carbocycles. The second-order valence-corrected chi connectivity index (χ2v) is 5.78. The third kappa shape index (κ3) is 9.96. The molecule has 1 amide bonds. The minimum atomic E-state index is 0.0889. The lowest BCUT2D eigenvalue weighted by Gasteiger charge is -2.08. The fourth-order valence-corrected chi connectivity index (χ4v) is 2.56. The Labute approximate surface area is 123 Å². The highest BCUT2D eigenvalue weighted by Crippen LogP contribution is 2.12. The van der Waals surface area contributed by atoms with Crippen LogP contribution in [0.4, 0.5) is 0 Å². The van der Waals surface area contributed by atoms with Crippen molar-refractivity contribution in [1.29, 1.82) is 0 Å². The van der Waals surface area contributed by atoms with Crippen molar-refractivity contribution < 1.29 is 9.59 Å². The smallest absolute Gasteiger partial charge is 0.220 e. The van der Waals surface area contributed by atoms with Crippen LogP contribution in [0.15, 0.2) is 0 Å². The van der Waals surface area contributed by atoms with Crippen molar-refractivity contribution in [2.45, 2.75) is 77.0 Å². The van der Waals surface area contributed by atoms with Gasteiger partial charge in [-0.3, -0.25) is 14.9 Å². The van der Waals surface area contributed by atoms with E-state index in [1.165, 1.54) is 44.9 Å². The lowest BCUT2D eigenvalue weighted by Crippen LogP contribution is -2.36. The topological polar surface area (TPSA) is 58.2 Å². The van der Waals surface area contributed by atoms with Crippen LogP contribution in [-0.4, -0.2) is 24.9 Å². The lowest BCUT2D eigenvalue weighted by molar-refractivity contribution is -0.122. The number of hydrogen-bond acceptors (Lipinski definition) is 3. The number of carbonyl (C=O) groups is 2. The Kier molecular flexibility index (Phi) is 10.2. The van der Waals surface area contributed by atoms with Gasteiger partial charge in [-0.05, 0) is 12.8 Å². The summed E-state index contributed by atoms with van der Waals surface area (Å²) in [4.78, 5) is 23.1. The average Bonchev–Trinajstić information content (AvgIpc) is 2.44. The first-order valence-electron chi connectivity index (χ1n) is 8.28. The number of amides is 1. The quantitative estimate of drug-likeness (QED) is 0.718. The van der Waals surface area contributed by atoms with Gasteiger partial charge < -0.3 is 5.32 Å². The van der Waals surface area contributed by atoms with Crippen molar-refractivity contribution in [3.63, 3.8) is 0 Å². The van der Waals surface area contributed by atoms with Crippen LogP contribution >= 0.6 is 0 Å². The second kappa shape index (κ2) is 11.9. The Hall–Kier alpha value is -0.900. The van der Waals surface area contributed by atoms with Crippen LogP contribution in [0.25, 0.3) is 0 Å². The van der Waals surface area contributed by atoms with Gasteiger partial charge in [-0.1, -0.05) is 51.4 Å². The van der Waals surface area contributed by atoms with Crippen molar-refractivity contribution in [3.8, 4) is 0 Å². The van der Waals surface area contributed by atoms with Gasteiger partial charge in [0.25, 0.3) is 0 Å². The molecule has 2 N–H and O–H groups in total. The van der Waals surface area contributed by atoms with Crippen molar-refractivity contribution in [3.05, 3.63) is 0 Å². The normalized spacial score (nSPS) is 22.6. The minimum Gasteiger partial charge on any atom is -0.344 e. The first kappa shape index (κ1) is 17.2. The number of ketones is 1. The van der Waals surface area contributed by atoms with E-state index in [2.05, 4.69) is 10.6 Å². The zero-order valence-electron chi connectivity index (χ0n) is 12.7. The number of nitrogens with one attached hydrogen (secondary N) is 2. The number of rotatable bonds is 0. The van der Waals surface area contributed by atoms with E-state index < -0.39 is 0 Å². The predicted molar refractivity (Wildman–Crippen MR) is 81.4 cm³/mol. The fourth-order valence-electron chi connectivity index (χ4n) is 2.56. The van der Waals surface area contributed by atoms with Gasteiger partial charge in [0.05, 0.1) is 13.2 Å². The largest absolute Gasteiger partial charge is 0.344 e. The Bertz CT molecular complexity index is 252. The van der Waals surface area contributed by atoms with Gasteiger partial charge in [0.2, 0.25) is 5.91 Å². The number of carbonyl (C=O) groups excluding carboxylic acids is 2.